The summed E-state index contributed by atoms with van der Waals surface area (Å²) in [5, 5.41) is 18.4. The summed E-state index contributed by atoms with van der Waals surface area (Å²) in [6.45, 7) is 2.31. The maximum atomic E-state index is 10.7. The third kappa shape index (κ3) is 4.42. The number of allylic oxidation sites excluding steroid dienone is 1. The number of phenolic OH excluding ortho intramolecular Hbond substituents is 1. The van der Waals surface area contributed by atoms with E-state index in [2.05, 4.69) is 19.1 Å². The van der Waals surface area contributed by atoms with Gasteiger partial charge in [-0.15, -0.1) is 0 Å². The maximum Gasteiger partial charge on any atom is 0.328 e. The molecule has 0 bridgehead atoms. The minimum atomic E-state index is -0.947. The Balaban J connectivity index is 1.99. The highest BCUT2D eigenvalue weighted by Crippen LogP contribution is 2.37. The topological polar surface area (TPSA) is 57.5 Å². The number of hydrogen-bond acceptors (Lipinski definition) is 2. The molecule has 1 aliphatic carbocycles. The van der Waals surface area contributed by atoms with Crippen LogP contribution in [0.25, 0.3) is 11.6 Å². The molecule has 0 aromatic heterocycles. The van der Waals surface area contributed by atoms with E-state index in [1.165, 1.54) is 24.0 Å². The lowest BCUT2D eigenvalue weighted by molar-refractivity contribution is -0.131. The van der Waals surface area contributed by atoms with Crippen molar-refractivity contribution in [3.63, 3.8) is 0 Å². The first-order valence-corrected chi connectivity index (χ1v) is 9.06. The van der Waals surface area contributed by atoms with Gasteiger partial charge < -0.3 is 10.2 Å². The smallest absolute Gasteiger partial charge is 0.328 e. The molecule has 3 nitrogen and oxygen atoms in total. The van der Waals surface area contributed by atoms with Crippen molar-refractivity contribution in [2.24, 2.45) is 5.92 Å². The summed E-state index contributed by atoms with van der Waals surface area (Å²) < 4.78 is 0. The first-order valence-electron chi connectivity index (χ1n) is 9.06. The van der Waals surface area contributed by atoms with Gasteiger partial charge >= 0.3 is 5.97 Å². The summed E-state index contributed by atoms with van der Waals surface area (Å²) >= 11 is 0. The molecule has 0 atom stereocenters. The van der Waals surface area contributed by atoms with Crippen LogP contribution in [0.1, 0.15) is 49.3 Å². The van der Waals surface area contributed by atoms with Crippen LogP contribution in [0.2, 0.25) is 0 Å². The minimum absolute atomic E-state index is 0.268. The molecular formula is C23H24O3. The molecule has 0 unspecified atom stereocenters. The van der Waals surface area contributed by atoms with Crippen LogP contribution < -0.4 is 0 Å². The summed E-state index contributed by atoms with van der Waals surface area (Å²) in [5.74, 6) is 0.0881. The summed E-state index contributed by atoms with van der Waals surface area (Å²) in [6.07, 6.45) is 7.35. The van der Waals surface area contributed by atoms with Crippen molar-refractivity contribution in [3.05, 3.63) is 76.9 Å². The van der Waals surface area contributed by atoms with Gasteiger partial charge in [0.15, 0.2) is 0 Å². The Morgan fingerprint density at radius 1 is 0.962 bits per heavy atom. The lowest BCUT2D eigenvalue weighted by atomic mass is 9.81. The SMILES string of the molecule is CC1CCC(=C(c2ccc(O)cc2)c2ccc(/C=C/C(=O)O)cc2)CC1. The second-order valence-corrected chi connectivity index (χ2v) is 7.00. The first kappa shape index (κ1) is 18.0. The molecule has 0 amide bonds. The molecule has 3 rings (SSSR count). The van der Waals surface area contributed by atoms with Crippen molar-refractivity contribution in [2.75, 3.05) is 0 Å². The molecule has 0 saturated heterocycles. The number of aromatic hydroxyl groups is 1. The van der Waals surface area contributed by atoms with E-state index in [0.717, 1.165) is 41.5 Å². The number of carboxylic acid groups (broad SMARTS) is 1. The molecule has 1 saturated carbocycles. The standard InChI is InChI=1S/C23H24O3/c1-16-2-7-18(8-3-16)23(20-11-13-21(24)14-12-20)19-9-4-17(5-10-19)6-15-22(25)26/h4-6,9-16,24H,2-3,7-8H2,1H3,(H,25,26)/b15-6+,23-18?. The van der Waals surface area contributed by atoms with Gasteiger partial charge in [-0.2, -0.15) is 0 Å². The molecule has 2 aromatic rings. The van der Waals surface area contributed by atoms with Gasteiger partial charge in [-0.1, -0.05) is 48.9 Å². The van der Waals surface area contributed by atoms with Gasteiger partial charge in [0.2, 0.25) is 0 Å². The summed E-state index contributed by atoms with van der Waals surface area (Å²) in [4.78, 5) is 10.7. The summed E-state index contributed by atoms with van der Waals surface area (Å²) in [6, 6.07) is 15.4. The van der Waals surface area contributed by atoms with Gasteiger partial charge in [-0.3, -0.25) is 0 Å². The molecule has 2 aromatic carbocycles. The quantitative estimate of drug-likeness (QED) is 0.717. The minimum Gasteiger partial charge on any atom is -0.508 e. The van der Waals surface area contributed by atoms with Crippen LogP contribution in [0, 0.1) is 5.92 Å². The fraction of sp³-hybridized carbons (Fsp3) is 0.261. The van der Waals surface area contributed by atoms with Crippen molar-refractivity contribution in [3.8, 4) is 5.75 Å². The number of aliphatic carboxylic acids is 1. The monoisotopic (exact) mass is 348 g/mol. The van der Waals surface area contributed by atoms with Crippen molar-refractivity contribution in [1.29, 1.82) is 0 Å². The Morgan fingerprint density at radius 3 is 2.04 bits per heavy atom. The molecular weight excluding hydrogens is 324 g/mol. The predicted molar refractivity (Wildman–Crippen MR) is 105 cm³/mol. The van der Waals surface area contributed by atoms with E-state index in [9.17, 15) is 9.90 Å². The number of phenols is 1. The zero-order valence-electron chi connectivity index (χ0n) is 15.0. The highest BCUT2D eigenvalue weighted by molar-refractivity contribution is 5.86. The second kappa shape index (κ2) is 8.05. The average molecular weight is 348 g/mol. The van der Waals surface area contributed by atoms with E-state index < -0.39 is 5.97 Å². The predicted octanol–water partition coefficient (Wildman–Crippen LogP) is 5.50. The number of rotatable bonds is 4. The van der Waals surface area contributed by atoms with Gasteiger partial charge in [0.05, 0.1) is 0 Å². The molecule has 1 fully saturated rings. The Morgan fingerprint density at radius 2 is 1.50 bits per heavy atom. The van der Waals surface area contributed by atoms with Crippen molar-refractivity contribution >= 4 is 17.6 Å². The molecule has 0 aliphatic heterocycles. The van der Waals surface area contributed by atoms with Crippen molar-refractivity contribution in [2.45, 2.75) is 32.6 Å². The van der Waals surface area contributed by atoms with Gasteiger partial charge in [-0.25, -0.2) is 4.79 Å². The van der Waals surface area contributed by atoms with Crippen LogP contribution >= 0.6 is 0 Å². The Labute approximate surface area is 154 Å². The molecule has 3 heteroatoms. The molecule has 26 heavy (non-hydrogen) atoms. The number of benzene rings is 2. The highest BCUT2D eigenvalue weighted by Gasteiger charge is 2.18. The second-order valence-electron chi connectivity index (χ2n) is 7.00. The van der Waals surface area contributed by atoms with E-state index in [4.69, 9.17) is 5.11 Å². The summed E-state index contributed by atoms with van der Waals surface area (Å²) in [7, 11) is 0. The number of carboxylic acids is 1. The largest absolute Gasteiger partial charge is 0.508 e. The van der Waals surface area contributed by atoms with Crippen LogP contribution in [-0.4, -0.2) is 16.2 Å². The lowest BCUT2D eigenvalue weighted by Crippen LogP contribution is -2.06. The molecule has 1 aliphatic rings. The van der Waals surface area contributed by atoms with E-state index in [1.807, 2.05) is 24.3 Å². The van der Waals surface area contributed by atoms with Crippen LogP contribution in [0.15, 0.2) is 60.2 Å². The first-order chi connectivity index (χ1) is 12.5. The summed E-state index contributed by atoms with van der Waals surface area (Å²) in [5.41, 5.74) is 5.81. The Kier molecular flexibility index (Phi) is 5.57. The normalized spacial score (nSPS) is 17.4. The van der Waals surface area contributed by atoms with Crippen LogP contribution in [0.5, 0.6) is 5.75 Å². The van der Waals surface area contributed by atoms with E-state index in [1.54, 1.807) is 18.2 Å². The van der Waals surface area contributed by atoms with Gasteiger partial charge in [-0.05, 0) is 72.1 Å². The van der Waals surface area contributed by atoms with E-state index in [-0.39, 0.29) is 5.75 Å². The zero-order valence-corrected chi connectivity index (χ0v) is 15.0. The van der Waals surface area contributed by atoms with Crippen LogP contribution in [0.3, 0.4) is 0 Å². The highest BCUT2D eigenvalue weighted by atomic mass is 16.4. The third-order valence-electron chi connectivity index (χ3n) is 5.01. The van der Waals surface area contributed by atoms with E-state index in [0.29, 0.717) is 0 Å². The fourth-order valence-electron chi connectivity index (χ4n) is 3.49. The van der Waals surface area contributed by atoms with Crippen LogP contribution in [0.4, 0.5) is 0 Å². The zero-order chi connectivity index (χ0) is 18.5. The van der Waals surface area contributed by atoms with Gasteiger partial charge in [0, 0.05) is 6.08 Å². The van der Waals surface area contributed by atoms with E-state index >= 15 is 0 Å². The Hall–Kier alpha value is -2.81. The molecule has 0 heterocycles. The molecule has 134 valence electrons. The average Bonchev–Trinajstić information content (AvgIpc) is 2.64. The fourth-order valence-corrected chi connectivity index (χ4v) is 3.49. The third-order valence-corrected chi connectivity index (χ3v) is 5.01. The number of hydrogen-bond donors (Lipinski definition) is 2. The maximum absolute atomic E-state index is 10.7. The van der Waals surface area contributed by atoms with Crippen molar-refractivity contribution < 1.29 is 15.0 Å². The van der Waals surface area contributed by atoms with Gasteiger partial charge in [0.25, 0.3) is 0 Å². The van der Waals surface area contributed by atoms with Crippen molar-refractivity contribution in [1.82, 2.24) is 0 Å². The van der Waals surface area contributed by atoms with Crippen LogP contribution in [-0.2, 0) is 4.79 Å². The van der Waals surface area contributed by atoms with Gasteiger partial charge in [0.1, 0.15) is 5.75 Å². The molecule has 0 radical (unpaired) electrons. The molecule has 0 spiro atoms. The lowest BCUT2D eigenvalue weighted by Gasteiger charge is -2.24. The number of carbonyl (C=O) groups is 1. The molecule has 2 N–H and O–H groups in total. The Bertz CT molecular complexity index is 817.